The van der Waals surface area contributed by atoms with E-state index in [4.69, 9.17) is 10.2 Å². The van der Waals surface area contributed by atoms with Gasteiger partial charge in [-0.05, 0) is 73.2 Å². The molecular formula is C46H38N4O2. The monoisotopic (exact) mass is 678 g/mol. The molecule has 0 saturated carbocycles. The number of aryl methyl sites for hydroxylation is 2. The second-order valence-electron chi connectivity index (χ2n) is 13.7. The highest BCUT2D eigenvalue weighted by atomic mass is 16.2. The Morgan fingerprint density at radius 2 is 0.731 bits per heavy atom. The summed E-state index contributed by atoms with van der Waals surface area (Å²) in [5.41, 5.74) is 4.77. The van der Waals surface area contributed by atoms with Gasteiger partial charge in [-0.25, -0.2) is 0 Å². The number of carbonyl (C=O) groups is 2. The highest BCUT2D eigenvalue weighted by Gasteiger charge is 2.72. The van der Waals surface area contributed by atoms with Gasteiger partial charge in [0.2, 0.25) is 0 Å². The molecule has 8 rings (SSSR count). The highest BCUT2D eigenvalue weighted by molar-refractivity contribution is 6.36. The van der Waals surface area contributed by atoms with Crippen molar-refractivity contribution in [2.24, 2.45) is 21.0 Å². The summed E-state index contributed by atoms with van der Waals surface area (Å²) in [6.45, 7) is 4.09. The van der Waals surface area contributed by atoms with Crippen molar-refractivity contribution in [3.63, 3.8) is 0 Å². The number of benzene rings is 6. The molecule has 6 nitrogen and oxygen atoms in total. The molecular weight excluding hydrogens is 641 g/mol. The molecule has 0 spiro atoms. The standard InChI is InChI=1S/C46H38N4O2/c1-33-23-27-35(28-24-33)31-45(41(37-15-7-3-8-16-37)47-49(43(45)51)39-19-11-5-12-20-39)46(32-36-29-25-34(2)26-30-36)42(38-17-9-4-10-18-38)48-50(44(46)52)40-21-13-6-14-22-40/h3-30H,31-32H2,1-2H3/t45-,46-/m1/s1. The Kier molecular flexibility index (Phi) is 8.44. The zero-order valence-corrected chi connectivity index (χ0v) is 29.2. The number of nitrogens with zero attached hydrogens (tertiary/aromatic N) is 4. The molecule has 0 aromatic heterocycles. The summed E-state index contributed by atoms with van der Waals surface area (Å²) < 4.78 is 0. The summed E-state index contributed by atoms with van der Waals surface area (Å²) in [6.07, 6.45) is 0.407. The number of hydrazone groups is 2. The molecule has 254 valence electrons. The minimum Gasteiger partial charge on any atom is -0.271 e. The number of para-hydroxylation sites is 2. The molecule has 52 heavy (non-hydrogen) atoms. The first-order valence-electron chi connectivity index (χ1n) is 17.6. The Bertz CT molecular complexity index is 2120. The Hall–Kier alpha value is -6.40. The number of anilines is 2. The molecule has 0 fully saturated rings. The molecule has 2 aliphatic rings. The Morgan fingerprint density at radius 1 is 0.423 bits per heavy atom. The van der Waals surface area contributed by atoms with Crippen LogP contribution in [-0.4, -0.2) is 23.2 Å². The van der Waals surface area contributed by atoms with Crippen LogP contribution in [0.1, 0.15) is 33.4 Å². The first-order valence-corrected chi connectivity index (χ1v) is 17.6. The van der Waals surface area contributed by atoms with E-state index < -0.39 is 10.8 Å². The van der Waals surface area contributed by atoms with Crippen molar-refractivity contribution >= 4 is 34.6 Å². The van der Waals surface area contributed by atoms with Gasteiger partial charge >= 0.3 is 0 Å². The zero-order valence-electron chi connectivity index (χ0n) is 29.2. The summed E-state index contributed by atoms with van der Waals surface area (Å²) in [7, 11) is 0. The molecule has 2 amide bonds. The average molecular weight is 679 g/mol. The molecule has 0 N–H and O–H groups in total. The van der Waals surface area contributed by atoms with E-state index in [1.54, 1.807) is 0 Å². The normalized spacial score (nSPS) is 19.9. The van der Waals surface area contributed by atoms with Crippen molar-refractivity contribution < 1.29 is 9.59 Å². The molecule has 6 aromatic carbocycles. The van der Waals surface area contributed by atoms with Gasteiger partial charge in [-0.2, -0.15) is 20.2 Å². The van der Waals surface area contributed by atoms with E-state index in [-0.39, 0.29) is 24.7 Å². The first kappa shape index (κ1) is 32.8. The van der Waals surface area contributed by atoms with Crippen molar-refractivity contribution in [3.05, 3.63) is 203 Å². The van der Waals surface area contributed by atoms with Gasteiger partial charge in [-0.15, -0.1) is 0 Å². The van der Waals surface area contributed by atoms with Crippen LogP contribution in [0.15, 0.2) is 180 Å². The number of carbonyl (C=O) groups excluding carboxylic acids is 2. The van der Waals surface area contributed by atoms with Gasteiger partial charge in [-0.1, -0.05) is 157 Å². The van der Waals surface area contributed by atoms with Crippen LogP contribution in [0.4, 0.5) is 11.4 Å². The lowest BCUT2D eigenvalue weighted by molar-refractivity contribution is -0.137. The minimum atomic E-state index is -1.56. The second-order valence-corrected chi connectivity index (χ2v) is 13.7. The van der Waals surface area contributed by atoms with Gasteiger partial charge in [0.25, 0.3) is 11.8 Å². The van der Waals surface area contributed by atoms with Gasteiger partial charge in [0.05, 0.1) is 22.8 Å². The van der Waals surface area contributed by atoms with Crippen molar-refractivity contribution in [3.8, 4) is 0 Å². The van der Waals surface area contributed by atoms with E-state index in [2.05, 4.69) is 48.5 Å². The van der Waals surface area contributed by atoms with Crippen LogP contribution in [0, 0.1) is 24.7 Å². The van der Waals surface area contributed by atoms with Crippen LogP contribution in [0.5, 0.6) is 0 Å². The topological polar surface area (TPSA) is 65.3 Å². The average Bonchev–Trinajstić information content (AvgIpc) is 3.66. The van der Waals surface area contributed by atoms with Crippen LogP contribution in [-0.2, 0) is 22.4 Å². The quantitative estimate of drug-likeness (QED) is 0.153. The van der Waals surface area contributed by atoms with Crippen LogP contribution >= 0.6 is 0 Å². The van der Waals surface area contributed by atoms with Gasteiger partial charge in [-0.3, -0.25) is 9.59 Å². The Morgan fingerprint density at radius 3 is 1.06 bits per heavy atom. The second kappa shape index (κ2) is 13.4. The third-order valence-corrected chi connectivity index (χ3v) is 10.3. The van der Waals surface area contributed by atoms with Crippen LogP contribution in [0.3, 0.4) is 0 Å². The summed E-state index contributed by atoms with van der Waals surface area (Å²) in [5.74, 6) is -0.561. The van der Waals surface area contributed by atoms with Gasteiger partial charge in [0.15, 0.2) is 0 Å². The lowest BCUT2D eigenvalue weighted by Crippen LogP contribution is -2.63. The number of rotatable bonds is 9. The lowest BCUT2D eigenvalue weighted by Gasteiger charge is -2.45. The molecule has 0 radical (unpaired) electrons. The largest absolute Gasteiger partial charge is 0.271 e. The highest BCUT2D eigenvalue weighted by Crippen LogP contribution is 2.57. The molecule has 2 aliphatic heterocycles. The third kappa shape index (κ3) is 5.44. The Labute approximate surface area is 304 Å². The molecule has 6 aromatic rings. The molecule has 2 atom stereocenters. The molecule has 0 aliphatic carbocycles. The van der Waals surface area contributed by atoms with Gasteiger partial charge in [0, 0.05) is 0 Å². The summed E-state index contributed by atoms with van der Waals surface area (Å²) in [6, 6.07) is 55.1. The van der Waals surface area contributed by atoms with Crippen molar-refractivity contribution in [1.82, 2.24) is 0 Å². The van der Waals surface area contributed by atoms with E-state index in [0.717, 1.165) is 33.4 Å². The maximum atomic E-state index is 16.1. The van der Waals surface area contributed by atoms with E-state index in [1.807, 2.05) is 135 Å². The van der Waals surface area contributed by atoms with Crippen molar-refractivity contribution in [1.29, 1.82) is 0 Å². The van der Waals surface area contributed by atoms with Gasteiger partial charge in [0.1, 0.15) is 10.8 Å². The van der Waals surface area contributed by atoms with Crippen LogP contribution in [0.2, 0.25) is 0 Å². The molecule has 0 bridgehead atoms. The predicted octanol–water partition coefficient (Wildman–Crippen LogP) is 8.96. The summed E-state index contributed by atoms with van der Waals surface area (Å²) in [4.78, 5) is 32.1. The fourth-order valence-corrected chi connectivity index (χ4v) is 7.73. The smallest absolute Gasteiger partial charge is 0.261 e. The molecule has 0 unspecified atom stereocenters. The van der Waals surface area contributed by atoms with E-state index >= 15 is 9.59 Å². The number of hydrogen-bond acceptors (Lipinski definition) is 4. The minimum absolute atomic E-state index is 0.204. The fraction of sp³-hybridized carbons (Fsp3) is 0.130. The van der Waals surface area contributed by atoms with E-state index in [0.29, 0.717) is 22.8 Å². The first-order chi connectivity index (χ1) is 25.4. The lowest BCUT2D eigenvalue weighted by atomic mass is 9.52. The van der Waals surface area contributed by atoms with Gasteiger partial charge < -0.3 is 0 Å². The Balaban J connectivity index is 1.50. The SMILES string of the molecule is Cc1ccc(C[C@]2([C@@]3(Cc4ccc(C)cc4)C(=O)N(c4ccccc4)N=C3c3ccccc3)C(=O)N(c3ccccc3)N=C2c2ccccc2)cc1. The third-order valence-electron chi connectivity index (χ3n) is 10.3. The zero-order chi connectivity index (χ0) is 35.7. The van der Waals surface area contributed by atoms with E-state index in [9.17, 15) is 0 Å². The maximum Gasteiger partial charge on any atom is 0.261 e. The number of hydrogen-bond donors (Lipinski definition) is 0. The number of amides is 2. The molecule has 0 saturated heterocycles. The van der Waals surface area contributed by atoms with Crippen molar-refractivity contribution in [2.45, 2.75) is 26.7 Å². The summed E-state index contributed by atoms with van der Waals surface area (Å²) >= 11 is 0. The molecule has 2 heterocycles. The maximum absolute atomic E-state index is 16.1. The van der Waals surface area contributed by atoms with Crippen LogP contribution in [0.25, 0.3) is 0 Å². The summed E-state index contributed by atoms with van der Waals surface area (Å²) in [5, 5.41) is 13.5. The fourth-order valence-electron chi connectivity index (χ4n) is 7.73. The molecule has 6 heteroatoms. The van der Waals surface area contributed by atoms with Crippen molar-refractivity contribution in [2.75, 3.05) is 10.0 Å². The van der Waals surface area contributed by atoms with E-state index in [1.165, 1.54) is 10.0 Å². The predicted molar refractivity (Wildman–Crippen MR) is 208 cm³/mol. The van der Waals surface area contributed by atoms with Crippen LogP contribution < -0.4 is 10.0 Å².